The number of nitrogen functional groups attached to an aromatic ring is 1. The van der Waals surface area contributed by atoms with Gasteiger partial charge in [0.05, 0.1) is 11.9 Å². The zero-order valence-corrected chi connectivity index (χ0v) is 14.3. The zero-order chi connectivity index (χ0) is 17.7. The molecule has 0 saturated carbocycles. The van der Waals surface area contributed by atoms with Gasteiger partial charge in [-0.25, -0.2) is 14.9 Å². The molecule has 1 heterocycles. The fourth-order valence-corrected chi connectivity index (χ4v) is 1.73. The van der Waals surface area contributed by atoms with Gasteiger partial charge in [-0.2, -0.15) is 0 Å². The maximum Gasteiger partial charge on any atom is 0.417 e. The summed E-state index contributed by atoms with van der Waals surface area (Å²) in [5.74, 6) is 0. The molecule has 0 bridgehead atoms. The molecule has 0 spiro atoms. The maximum atomic E-state index is 11.7. The van der Waals surface area contributed by atoms with Gasteiger partial charge in [0, 0.05) is 5.69 Å². The van der Waals surface area contributed by atoms with E-state index in [9.17, 15) is 9.59 Å². The predicted octanol–water partition coefficient (Wildman–Crippen LogP) is 3.04. The number of hydrogen-bond donors (Lipinski definition) is 2. The van der Waals surface area contributed by atoms with Gasteiger partial charge in [0.25, 0.3) is 0 Å². The van der Waals surface area contributed by atoms with Crippen LogP contribution in [0.15, 0.2) is 18.3 Å². The molecule has 1 aromatic rings. The van der Waals surface area contributed by atoms with E-state index in [2.05, 4.69) is 4.98 Å². The smallest absolute Gasteiger partial charge is 0.417 e. The van der Waals surface area contributed by atoms with Gasteiger partial charge in [0.15, 0.2) is 0 Å². The van der Waals surface area contributed by atoms with E-state index in [0.29, 0.717) is 18.5 Å². The highest BCUT2D eigenvalue weighted by molar-refractivity contribution is 5.87. The topological polar surface area (TPSA) is 104 Å². The van der Waals surface area contributed by atoms with Gasteiger partial charge in [0.2, 0.25) is 0 Å². The van der Waals surface area contributed by atoms with Crippen LogP contribution >= 0.6 is 0 Å². The molecule has 1 rings (SSSR count). The summed E-state index contributed by atoms with van der Waals surface area (Å²) >= 11 is 0. The van der Waals surface area contributed by atoms with E-state index in [1.165, 1.54) is 0 Å². The van der Waals surface area contributed by atoms with Crippen LogP contribution in [0.25, 0.3) is 0 Å². The Balaban J connectivity index is 2.45. The third-order valence-corrected chi connectivity index (χ3v) is 2.80. The fraction of sp³-hybridized carbons (Fsp3) is 0.562. The first-order valence-corrected chi connectivity index (χ1v) is 7.40. The van der Waals surface area contributed by atoms with Gasteiger partial charge < -0.3 is 15.2 Å². The Morgan fingerprint density at radius 2 is 1.74 bits per heavy atom. The van der Waals surface area contributed by atoms with Crippen molar-refractivity contribution in [3.63, 3.8) is 0 Å². The van der Waals surface area contributed by atoms with Crippen LogP contribution in [0.5, 0.6) is 0 Å². The third-order valence-electron chi connectivity index (χ3n) is 2.80. The molecule has 0 atom stereocenters. The highest BCUT2D eigenvalue weighted by Gasteiger charge is 2.25. The molecule has 2 amide bonds. The number of ether oxygens (including phenoxy) is 2. The number of anilines is 1. The summed E-state index contributed by atoms with van der Waals surface area (Å²) in [5.41, 5.74) is 5.59. The van der Waals surface area contributed by atoms with Crippen LogP contribution in [0, 0.1) is 0 Å². The Labute approximate surface area is 136 Å². The molecule has 0 saturated heterocycles. The number of hydrogen-bond acceptors (Lipinski definition) is 6. The Kier molecular flexibility index (Phi) is 5.95. The fourth-order valence-electron chi connectivity index (χ4n) is 1.73. The number of aryl methyl sites for hydroxylation is 1. The molecule has 0 aliphatic carbocycles. The lowest BCUT2D eigenvalue weighted by molar-refractivity contribution is 0.0237. The first-order chi connectivity index (χ1) is 10.5. The molecule has 7 heteroatoms. The van der Waals surface area contributed by atoms with E-state index in [0.717, 1.165) is 5.69 Å². The number of carbonyl (C=O) groups is 2. The number of alkyl carbamates (subject to hydrolysis) is 2. The van der Waals surface area contributed by atoms with Crippen LogP contribution in [0.2, 0.25) is 0 Å². The Hall–Kier alpha value is -2.31. The normalized spacial score (nSPS) is 11.7. The molecule has 0 aliphatic heterocycles. The van der Waals surface area contributed by atoms with E-state index in [-0.39, 0.29) is 0 Å². The SMILES string of the molecule is CC(C)(C)OC(=O)NC(=O)OC(C)(C)CCc1ccc(N)cn1. The molecule has 0 aliphatic rings. The Morgan fingerprint density at radius 1 is 1.13 bits per heavy atom. The van der Waals surface area contributed by atoms with Crippen molar-refractivity contribution in [2.75, 3.05) is 5.73 Å². The van der Waals surface area contributed by atoms with Gasteiger partial charge >= 0.3 is 12.2 Å². The lowest BCUT2D eigenvalue weighted by Gasteiger charge is -2.25. The lowest BCUT2D eigenvalue weighted by Crippen LogP contribution is -2.40. The number of nitrogens with zero attached hydrogens (tertiary/aromatic N) is 1. The van der Waals surface area contributed by atoms with Crippen LogP contribution in [-0.2, 0) is 15.9 Å². The van der Waals surface area contributed by atoms with Gasteiger partial charge in [-0.05, 0) is 59.6 Å². The van der Waals surface area contributed by atoms with Gasteiger partial charge in [-0.3, -0.25) is 4.98 Å². The van der Waals surface area contributed by atoms with Crippen molar-refractivity contribution in [3.05, 3.63) is 24.0 Å². The quantitative estimate of drug-likeness (QED) is 0.882. The number of carbonyl (C=O) groups excluding carboxylic acids is 2. The van der Waals surface area contributed by atoms with Crippen LogP contribution in [0.4, 0.5) is 15.3 Å². The van der Waals surface area contributed by atoms with E-state index in [4.69, 9.17) is 15.2 Å². The van der Waals surface area contributed by atoms with Crippen LogP contribution in [-0.4, -0.2) is 28.4 Å². The maximum absolute atomic E-state index is 11.7. The molecule has 0 aromatic carbocycles. The number of rotatable bonds is 4. The van der Waals surface area contributed by atoms with Crippen molar-refractivity contribution in [1.82, 2.24) is 10.3 Å². The number of imide groups is 1. The molecular weight excluding hydrogens is 298 g/mol. The van der Waals surface area contributed by atoms with Crippen LogP contribution < -0.4 is 11.1 Å². The summed E-state index contributed by atoms with van der Waals surface area (Å²) in [5, 5.41) is 2.04. The van der Waals surface area contributed by atoms with Gasteiger partial charge in [-0.1, -0.05) is 0 Å². The summed E-state index contributed by atoms with van der Waals surface area (Å²) in [4.78, 5) is 27.4. The van der Waals surface area contributed by atoms with Crippen molar-refractivity contribution in [2.24, 2.45) is 0 Å². The van der Waals surface area contributed by atoms with Crippen LogP contribution in [0.3, 0.4) is 0 Å². The Morgan fingerprint density at radius 3 is 2.26 bits per heavy atom. The molecule has 0 unspecified atom stereocenters. The average molecular weight is 323 g/mol. The number of pyridine rings is 1. The summed E-state index contributed by atoms with van der Waals surface area (Å²) in [6.07, 6.45) is 1.07. The van der Waals surface area contributed by atoms with E-state index in [1.54, 1.807) is 46.9 Å². The van der Waals surface area contributed by atoms with Crippen molar-refractivity contribution >= 4 is 17.9 Å². The molecule has 128 valence electrons. The number of nitrogens with one attached hydrogen (secondary N) is 1. The summed E-state index contributed by atoms with van der Waals surface area (Å²) in [7, 11) is 0. The zero-order valence-electron chi connectivity index (χ0n) is 14.3. The molecule has 0 radical (unpaired) electrons. The number of amides is 2. The molecule has 1 aromatic heterocycles. The van der Waals surface area contributed by atoms with Crippen molar-refractivity contribution < 1.29 is 19.1 Å². The number of aromatic nitrogens is 1. The average Bonchev–Trinajstić information content (AvgIpc) is 2.34. The summed E-state index contributed by atoms with van der Waals surface area (Å²) < 4.78 is 10.3. The van der Waals surface area contributed by atoms with Gasteiger partial charge in [-0.15, -0.1) is 0 Å². The van der Waals surface area contributed by atoms with Crippen LogP contribution in [0.1, 0.15) is 46.7 Å². The minimum absolute atomic E-state index is 0.547. The second-order valence-electron chi connectivity index (χ2n) is 6.86. The first-order valence-electron chi connectivity index (χ1n) is 7.40. The van der Waals surface area contributed by atoms with Crippen molar-refractivity contribution in [2.45, 2.75) is 58.7 Å². The predicted molar refractivity (Wildman–Crippen MR) is 86.9 cm³/mol. The van der Waals surface area contributed by atoms with Crippen molar-refractivity contribution in [1.29, 1.82) is 0 Å². The summed E-state index contributed by atoms with van der Waals surface area (Å²) in [6.45, 7) is 8.66. The first kappa shape index (κ1) is 18.7. The van der Waals surface area contributed by atoms with E-state index < -0.39 is 23.4 Å². The minimum Gasteiger partial charge on any atom is -0.443 e. The molecule has 7 nitrogen and oxygen atoms in total. The Bertz CT molecular complexity index is 547. The lowest BCUT2D eigenvalue weighted by atomic mass is 10.0. The molecule has 3 N–H and O–H groups in total. The molecular formula is C16H25N3O4. The largest absolute Gasteiger partial charge is 0.443 e. The monoisotopic (exact) mass is 323 g/mol. The van der Waals surface area contributed by atoms with Gasteiger partial charge in [0.1, 0.15) is 11.2 Å². The van der Waals surface area contributed by atoms with E-state index in [1.807, 2.05) is 11.4 Å². The molecule has 23 heavy (non-hydrogen) atoms. The molecule has 0 fully saturated rings. The second-order valence-corrected chi connectivity index (χ2v) is 6.86. The number of nitrogens with two attached hydrogens (primary N) is 1. The third kappa shape index (κ3) is 8.04. The van der Waals surface area contributed by atoms with Crippen molar-refractivity contribution in [3.8, 4) is 0 Å². The second kappa shape index (κ2) is 7.30. The summed E-state index contributed by atoms with van der Waals surface area (Å²) in [6, 6.07) is 3.59. The highest BCUT2D eigenvalue weighted by Crippen LogP contribution is 2.18. The standard InChI is InChI=1S/C16H25N3O4/c1-15(2,3)22-13(20)19-14(21)23-16(4,5)9-8-12-7-6-11(17)10-18-12/h6-7,10H,8-9,17H2,1-5H3,(H,19,20,21). The highest BCUT2D eigenvalue weighted by atomic mass is 16.6. The minimum atomic E-state index is -0.838. The van der Waals surface area contributed by atoms with E-state index >= 15 is 0 Å².